The van der Waals surface area contributed by atoms with Crippen molar-refractivity contribution < 1.29 is 19.1 Å². The Labute approximate surface area is 166 Å². The van der Waals surface area contributed by atoms with E-state index in [-0.39, 0.29) is 12.3 Å². The molecule has 1 heterocycles. The van der Waals surface area contributed by atoms with E-state index < -0.39 is 11.0 Å². The number of nitro benzene ring substituents is 1. The van der Waals surface area contributed by atoms with Gasteiger partial charge < -0.3 is 19.9 Å². The number of nitrogens with two attached hydrogens (primary N) is 1. The SMILES string of the molecule is CCOc1ccc(C(N)c2n[nH]c(COc3ccc([N+](=O)[O-])cc3)n2)cc1OC. The number of nitro groups is 1. The van der Waals surface area contributed by atoms with Gasteiger partial charge in [0.05, 0.1) is 24.7 Å². The van der Waals surface area contributed by atoms with Crippen LogP contribution >= 0.6 is 0 Å². The van der Waals surface area contributed by atoms with Gasteiger partial charge in [0.1, 0.15) is 12.4 Å². The third-order valence-electron chi connectivity index (χ3n) is 4.10. The van der Waals surface area contributed by atoms with Crippen molar-refractivity contribution in [2.24, 2.45) is 5.73 Å². The fourth-order valence-corrected chi connectivity index (χ4v) is 2.63. The van der Waals surface area contributed by atoms with Crippen molar-refractivity contribution in [1.29, 1.82) is 0 Å². The molecule has 0 aliphatic rings. The molecule has 0 bridgehead atoms. The zero-order chi connectivity index (χ0) is 20.8. The number of non-ortho nitro benzene ring substituents is 1. The minimum absolute atomic E-state index is 0.00365. The Balaban J connectivity index is 1.66. The van der Waals surface area contributed by atoms with Gasteiger partial charge in [0.25, 0.3) is 5.69 Å². The van der Waals surface area contributed by atoms with Crippen molar-refractivity contribution >= 4 is 5.69 Å². The highest BCUT2D eigenvalue weighted by molar-refractivity contribution is 5.44. The van der Waals surface area contributed by atoms with Crippen LogP contribution in [0, 0.1) is 10.1 Å². The van der Waals surface area contributed by atoms with Gasteiger partial charge in [0.2, 0.25) is 0 Å². The third-order valence-corrected chi connectivity index (χ3v) is 4.10. The molecule has 1 atom stereocenters. The number of H-pyrrole nitrogens is 1. The summed E-state index contributed by atoms with van der Waals surface area (Å²) in [5.74, 6) is 2.58. The predicted octanol–water partition coefficient (Wildman–Crippen LogP) is 2.75. The van der Waals surface area contributed by atoms with Crippen LogP contribution in [0.5, 0.6) is 17.2 Å². The van der Waals surface area contributed by atoms with Gasteiger partial charge in [-0.1, -0.05) is 6.07 Å². The van der Waals surface area contributed by atoms with E-state index in [9.17, 15) is 10.1 Å². The maximum atomic E-state index is 10.7. The van der Waals surface area contributed by atoms with Crippen molar-refractivity contribution in [2.45, 2.75) is 19.6 Å². The molecule has 0 aliphatic carbocycles. The fourth-order valence-electron chi connectivity index (χ4n) is 2.63. The van der Waals surface area contributed by atoms with E-state index >= 15 is 0 Å². The van der Waals surface area contributed by atoms with E-state index in [4.69, 9.17) is 19.9 Å². The highest BCUT2D eigenvalue weighted by Gasteiger charge is 2.17. The summed E-state index contributed by atoms with van der Waals surface area (Å²) in [6.07, 6.45) is 0. The fraction of sp³-hybridized carbons (Fsp3) is 0.263. The Bertz CT molecular complexity index is 973. The molecule has 0 saturated carbocycles. The monoisotopic (exact) mass is 399 g/mol. The summed E-state index contributed by atoms with van der Waals surface area (Å²) in [5.41, 5.74) is 7.05. The molecule has 0 aliphatic heterocycles. The minimum atomic E-state index is -0.566. The molecule has 3 rings (SSSR count). The highest BCUT2D eigenvalue weighted by Crippen LogP contribution is 2.31. The van der Waals surface area contributed by atoms with Gasteiger partial charge in [0.15, 0.2) is 23.1 Å². The summed E-state index contributed by atoms with van der Waals surface area (Å²) in [6.45, 7) is 2.54. The van der Waals surface area contributed by atoms with Crippen molar-refractivity contribution in [3.05, 3.63) is 69.8 Å². The topological polar surface area (TPSA) is 138 Å². The Morgan fingerprint density at radius 2 is 1.93 bits per heavy atom. The lowest BCUT2D eigenvalue weighted by Crippen LogP contribution is -2.14. The summed E-state index contributed by atoms with van der Waals surface area (Å²) in [6, 6.07) is 10.6. The zero-order valence-electron chi connectivity index (χ0n) is 16.0. The Hall–Kier alpha value is -3.66. The molecule has 2 aromatic carbocycles. The second kappa shape index (κ2) is 9.02. The number of aromatic nitrogens is 3. The van der Waals surface area contributed by atoms with Crippen LogP contribution in [0.15, 0.2) is 42.5 Å². The van der Waals surface area contributed by atoms with Crippen LogP contribution < -0.4 is 19.9 Å². The van der Waals surface area contributed by atoms with Crippen LogP contribution in [-0.4, -0.2) is 33.8 Å². The second-order valence-corrected chi connectivity index (χ2v) is 6.00. The average Bonchev–Trinajstić information content (AvgIpc) is 3.21. The summed E-state index contributed by atoms with van der Waals surface area (Å²) in [7, 11) is 1.56. The first-order chi connectivity index (χ1) is 14.0. The van der Waals surface area contributed by atoms with E-state index in [1.54, 1.807) is 19.2 Å². The molecule has 1 aromatic heterocycles. The quantitative estimate of drug-likeness (QED) is 0.414. The number of ether oxygens (including phenoxy) is 3. The van der Waals surface area contributed by atoms with Gasteiger partial charge in [-0.05, 0) is 36.8 Å². The van der Waals surface area contributed by atoms with Crippen LogP contribution in [0.1, 0.15) is 30.2 Å². The van der Waals surface area contributed by atoms with Crippen molar-refractivity contribution in [2.75, 3.05) is 13.7 Å². The number of nitrogens with one attached hydrogen (secondary N) is 1. The van der Waals surface area contributed by atoms with Crippen LogP contribution in [0.25, 0.3) is 0 Å². The lowest BCUT2D eigenvalue weighted by atomic mass is 10.1. The van der Waals surface area contributed by atoms with E-state index in [2.05, 4.69) is 15.2 Å². The molecule has 1 unspecified atom stereocenters. The molecular formula is C19H21N5O5. The molecule has 3 aromatic rings. The lowest BCUT2D eigenvalue weighted by Gasteiger charge is -2.13. The first-order valence-corrected chi connectivity index (χ1v) is 8.86. The number of hydrogen-bond donors (Lipinski definition) is 2. The van der Waals surface area contributed by atoms with E-state index in [1.165, 1.54) is 24.3 Å². The molecular weight excluding hydrogens is 378 g/mol. The van der Waals surface area contributed by atoms with Gasteiger partial charge in [-0.25, -0.2) is 4.98 Å². The van der Waals surface area contributed by atoms with Crippen molar-refractivity contribution in [3.8, 4) is 17.2 Å². The molecule has 0 saturated heterocycles. The Morgan fingerprint density at radius 1 is 1.17 bits per heavy atom. The molecule has 10 heteroatoms. The molecule has 29 heavy (non-hydrogen) atoms. The Morgan fingerprint density at radius 3 is 2.59 bits per heavy atom. The zero-order valence-corrected chi connectivity index (χ0v) is 16.0. The second-order valence-electron chi connectivity index (χ2n) is 6.00. The number of aromatic amines is 1. The van der Waals surface area contributed by atoms with E-state index in [1.807, 2.05) is 13.0 Å². The molecule has 152 valence electrons. The van der Waals surface area contributed by atoms with Gasteiger partial charge in [-0.3, -0.25) is 15.2 Å². The van der Waals surface area contributed by atoms with Crippen LogP contribution in [-0.2, 0) is 6.61 Å². The highest BCUT2D eigenvalue weighted by atomic mass is 16.6. The Kier molecular flexibility index (Phi) is 6.25. The standard InChI is InChI=1S/C19H21N5O5/c1-3-28-15-9-4-12(10-16(15)27-2)18(20)19-21-17(22-23-19)11-29-14-7-5-13(6-8-14)24(25)26/h4-10,18H,3,11,20H2,1-2H3,(H,21,22,23). The van der Waals surface area contributed by atoms with Gasteiger partial charge in [-0.15, -0.1) is 0 Å². The van der Waals surface area contributed by atoms with Gasteiger partial charge >= 0.3 is 0 Å². The number of rotatable bonds is 9. The van der Waals surface area contributed by atoms with E-state index in [0.717, 1.165) is 5.56 Å². The third kappa shape index (κ3) is 4.79. The normalized spacial score (nSPS) is 11.7. The van der Waals surface area contributed by atoms with Crippen LogP contribution in [0.2, 0.25) is 0 Å². The maximum absolute atomic E-state index is 10.7. The van der Waals surface area contributed by atoms with Crippen molar-refractivity contribution in [1.82, 2.24) is 15.2 Å². The molecule has 0 fully saturated rings. The van der Waals surface area contributed by atoms with E-state index in [0.29, 0.717) is 35.5 Å². The van der Waals surface area contributed by atoms with Crippen LogP contribution in [0.4, 0.5) is 5.69 Å². The smallest absolute Gasteiger partial charge is 0.269 e. The lowest BCUT2D eigenvalue weighted by molar-refractivity contribution is -0.384. The number of benzene rings is 2. The number of methoxy groups -OCH3 is 1. The first-order valence-electron chi connectivity index (χ1n) is 8.86. The molecule has 10 nitrogen and oxygen atoms in total. The first kappa shape index (κ1) is 20.1. The summed E-state index contributed by atoms with van der Waals surface area (Å²) in [4.78, 5) is 14.6. The van der Waals surface area contributed by atoms with Crippen molar-refractivity contribution in [3.63, 3.8) is 0 Å². The molecule has 0 radical (unpaired) electrons. The van der Waals surface area contributed by atoms with Crippen LogP contribution in [0.3, 0.4) is 0 Å². The largest absolute Gasteiger partial charge is 0.493 e. The molecule has 0 spiro atoms. The average molecular weight is 399 g/mol. The molecule has 3 N–H and O–H groups in total. The number of hydrogen-bond acceptors (Lipinski definition) is 8. The molecule has 0 amide bonds. The summed E-state index contributed by atoms with van der Waals surface area (Å²) in [5, 5.41) is 17.6. The van der Waals surface area contributed by atoms with Gasteiger partial charge in [0, 0.05) is 12.1 Å². The summed E-state index contributed by atoms with van der Waals surface area (Å²) >= 11 is 0. The predicted molar refractivity (Wildman–Crippen MR) is 104 cm³/mol. The number of nitrogens with zero attached hydrogens (tertiary/aromatic N) is 3. The summed E-state index contributed by atoms with van der Waals surface area (Å²) < 4.78 is 16.4. The van der Waals surface area contributed by atoms with Gasteiger partial charge in [-0.2, -0.15) is 5.10 Å². The maximum Gasteiger partial charge on any atom is 0.269 e. The minimum Gasteiger partial charge on any atom is -0.493 e.